The highest BCUT2D eigenvalue weighted by molar-refractivity contribution is 4.77. The molecular weight excluding hydrogens is 112 g/mol. The molecule has 0 aromatic heterocycles. The van der Waals surface area contributed by atoms with Crippen molar-refractivity contribution in [3.8, 4) is 0 Å². The second-order valence-corrected chi connectivity index (χ2v) is 2.77. The van der Waals surface area contributed by atoms with E-state index in [0.29, 0.717) is 6.04 Å². The molecule has 1 rings (SSSR count). The summed E-state index contributed by atoms with van der Waals surface area (Å²) in [5.74, 6) is 0. The molecule has 0 aliphatic carbocycles. The average molecular weight is 127 g/mol. The highest BCUT2D eigenvalue weighted by Crippen LogP contribution is 2.07. The summed E-state index contributed by atoms with van der Waals surface area (Å²) in [7, 11) is 2.03. The summed E-state index contributed by atoms with van der Waals surface area (Å²) in [4.78, 5) is 0. The van der Waals surface area contributed by atoms with Crippen molar-refractivity contribution in [2.45, 2.75) is 31.8 Å². The lowest BCUT2D eigenvalue weighted by Gasteiger charge is -2.25. The summed E-state index contributed by atoms with van der Waals surface area (Å²) in [6.07, 6.45) is 2.44. The molecule has 0 saturated carbocycles. The highest BCUT2D eigenvalue weighted by atomic mass is 15.0. The molecule has 0 spiro atoms. The van der Waals surface area contributed by atoms with Gasteiger partial charge in [0.05, 0.1) is 0 Å². The normalized spacial score (nSPS) is 36.7. The zero-order valence-electron chi connectivity index (χ0n) is 6.22. The van der Waals surface area contributed by atoms with Gasteiger partial charge in [-0.15, -0.1) is 0 Å². The van der Waals surface area contributed by atoms with Crippen molar-refractivity contribution in [1.29, 1.82) is 0 Å². The molecule has 1 fully saturated rings. The largest absolute Gasteiger partial charge is 0.317 e. The van der Waals surface area contributed by atoms with E-state index in [9.17, 15) is 0 Å². The standard InChI is InChI=1S/C7H15N2/c1-6-5-7(8-2)3-4-9-6/h6-8H,3-5H2,1-2H3. The van der Waals surface area contributed by atoms with E-state index in [0.717, 1.165) is 12.6 Å². The van der Waals surface area contributed by atoms with Gasteiger partial charge in [0.15, 0.2) is 0 Å². The van der Waals surface area contributed by atoms with E-state index < -0.39 is 0 Å². The molecule has 0 aromatic carbocycles. The van der Waals surface area contributed by atoms with E-state index >= 15 is 0 Å². The zero-order chi connectivity index (χ0) is 6.69. The Bertz CT molecular complexity index is 83.0. The minimum atomic E-state index is 0.580. The summed E-state index contributed by atoms with van der Waals surface area (Å²) >= 11 is 0. The molecule has 2 heteroatoms. The summed E-state index contributed by atoms with van der Waals surface area (Å²) in [5, 5.41) is 7.66. The molecule has 0 aromatic rings. The molecule has 9 heavy (non-hydrogen) atoms. The van der Waals surface area contributed by atoms with Crippen molar-refractivity contribution < 1.29 is 0 Å². The molecule has 1 radical (unpaired) electrons. The van der Waals surface area contributed by atoms with Crippen LogP contribution in [0.25, 0.3) is 0 Å². The second kappa shape index (κ2) is 3.18. The van der Waals surface area contributed by atoms with Crippen molar-refractivity contribution in [3.05, 3.63) is 0 Å². The molecule has 1 aliphatic rings. The summed E-state index contributed by atoms with van der Waals surface area (Å²) < 4.78 is 0. The van der Waals surface area contributed by atoms with Crippen LogP contribution in [-0.2, 0) is 0 Å². The fourth-order valence-electron chi connectivity index (χ4n) is 1.32. The van der Waals surface area contributed by atoms with Gasteiger partial charge in [0.1, 0.15) is 0 Å². The second-order valence-electron chi connectivity index (χ2n) is 2.77. The predicted molar refractivity (Wildman–Crippen MR) is 38.5 cm³/mol. The highest BCUT2D eigenvalue weighted by Gasteiger charge is 2.16. The Morgan fingerprint density at radius 2 is 2.33 bits per heavy atom. The van der Waals surface area contributed by atoms with Crippen molar-refractivity contribution in [3.63, 3.8) is 0 Å². The van der Waals surface area contributed by atoms with E-state index in [1.807, 2.05) is 7.05 Å². The molecule has 2 atom stereocenters. The monoisotopic (exact) mass is 127 g/mol. The lowest BCUT2D eigenvalue weighted by Crippen LogP contribution is -2.39. The van der Waals surface area contributed by atoms with Crippen molar-refractivity contribution in [2.24, 2.45) is 0 Å². The molecule has 1 aliphatic heterocycles. The molecule has 1 N–H and O–H groups in total. The van der Waals surface area contributed by atoms with Gasteiger partial charge >= 0.3 is 0 Å². The smallest absolute Gasteiger partial charge is 0.0232 e. The van der Waals surface area contributed by atoms with Gasteiger partial charge in [-0.2, -0.15) is 0 Å². The van der Waals surface area contributed by atoms with Crippen molar-refractivity contribution in [1.82, 2.24) is 10.6 Å². The first-order valence-corrected chi connectivity index (χ1v) is 3.67. The number of hydrogen-bond donors (Lipinski definition) is 1. The lowest BCUT2D eigenvalue weighted by molar-refractivity contribution is 0.341. The van der Waals surface area contributed by atoms with Gasteiger partial charge in [-0.25, -0.2) is 5.32 Å². The third kappa shape index (κ3) is 1.95. The van der Waals surface area contributed by atoms with Crippen LogP contribution >= 0.6 is 0 Å². The Kier molecular flexibility index (Phi) is 2.49. The maximum Gasteiger partial charge on any atom is 0.0232 e. The van der Waals surface area contributed by atoms with Crippen LogP contribution in [0.1, 0.15) is 19.8 Å². The molecule has 0 bridgehead atoms. The minimum absolute atomic E-state index is 0.580. The number of nitrogens with zero attached hydrogens (tertiary/aromatic N) is 1. The van der Waals surface area contributed by atoms with Crippen LogP contribution in [0.2, 0.25) is 0 Å². The first kappa shape index (κ1) is 7.03. The molecule has 1 heterocycles. The summed E-state index contributed by atoms with van der Waals surface area (Å²) in [6.45, 7) is 3.23. The quantitative estimate of drug-likeness (QED) is 0.541. The van der Waals surface area contributed by atoms with Gasteiger partial charge < -0.3 is 5.32 Å². The van der Waals surface area contributed by atoms with Gasteiger partial charge in [0.2, 0.25) is 0 Å². The lowest BCUT2D eigenvalue weighted by atomic mass is 10.0. The van der Waals surface area contributed by atoms with Crippen LogP contribution < -0.4 is 10.6 Å². The van der Waals surface area contributed by atoms with E-state index in [1.54, 1.807) is 0 Å². The topological polar surface area (TPSA) is 26.1 Å². The zero-order valence-corrected chi connectivity index (χ0v) is 6.22. The van der Waals surface area contributed by atoms with E-state index in [-0.39, 0.29) is 0 Å². The van der Waals surface area contributed by atoms with Crippen LogP contribution in [0.4, 0.5) is 0 Å². The maximum atomic E-state index is 4.39. The number of hydrogen-bond acceptors (Lipinski definition) is 1. The average Bonchev–Trinajstić information content (AvgIpc) is 1.88. The Hall–Kier alpha value is -0.0800. The van der Waals surface area contributed by atoms with Crippen LogP contribution in [0.3, 0.4) is 0 Å². The van der Waals surface area contributed by atoms with Crippen molar-refractivity contribution >= 4 is 0 Å². The predicted octanol–water partition coefficient (Wildman–Crippen LogP) is 0.361. The van der Waals surface area contributed by atoms with E-state index in [1.165, 1.54) is 12.8 Å². The van der Waals surface area contributed by atoms with Gasteiger partial charge in [-0.1, -0.05) is 0 Å². The summed E-state index contributed by atoms with van der Waals surface area (Å²) in [6, 6.07) is 1.30. The summed E-state index contributed by atoms with van der Waals surface area (Å²) in [5.41, 5.74) is 0. The third-order valence-corrected chi connectivity index (χ3v) is 1.95. The van der Waals surface area contributed by atoms with E-state index in [2.05, 4.69) is 17.6 Å². The van der Waals surface area contributed by atoms with Crippen LogP contribution in [0.5, 0.6) is 0 Å². The minimum Gasteiger partial charge on any atom is -0.317 e. The fraction of sp³-hybridized carbons (Fsp3) is 1.00. The van der Waals surface area contributed by atoms with Crippen LogP contribution in [-0.4, -0.2) is 25.7 Å². The Balaban J connectivity index is 2.23. The Morgan fingerprint density at radius 1 is 1.56 bits per heavy atom. The SMILES string of the molecule is CNC1CC[N]C(C)C1. The fourth-order valence-corrected chi connectivity index (χ4v) is 1.32. The third-order valence-electron chi connectivity index (χ3n) is 1.95. The van der Waals surface area contributed by atoms with Crippen LogP contribution in [0, 0.1) is 0 Å². The molecule has 1 saturated heterocycles. The molecular formula is C7H15N2. The van der Waals surface area contributed by atoms with Crippen molar-refractivity contribution in [2.75, 3.05) is 13.6 Å². The van der Waals surface area contributed by atoms with Gasteiger partial charge in [0.25, 0.3) is 0 Å². The van der Waals surface area contributed by atoms with Gasteiger partial charge in [0, 0.05) is 18.6 Å². The molecule has 2 nitrogen and oxygen atoms in total. The Labute approximate surface area is 57.0 Å². The molecule has 0 amide bonds. The first-order valence-electron chi connectivity index (χ1n) is 3.67. The molecule has 2 unspecified atom stereocenters. The Morgan fingerprint density at radius 3 is 2.78 bits per heavy atom. The maximum absolute atomic E-state index is 4.39. The van der Waals surface area contributed by atoms with Gasteiger partial charge in [-0.3, -0.25) is 0 Å². The first-order chi connectivity index (χ1) is 4.33. The van der Waals surface area contributed by atoms with Gasteiger partial charge in [-0.05, 0) is 26.8 Å². The number of rotatable bonds is 1. The van der Waals surface area contributed by atoms with Crippen LogP contribution in [0.15, 0.2) is 0 Å². The molecule has 53 valence electrons. The van der Waals surface area contributed by atoms with E-state index in [4.69, 9.17) is 0 Å². The number of piperidine rings is 1. The number of nitrogens with one attached hydrogen (secondary N) is 1.